The van der Waals surface area contributed by atoms with Gasteiger partial charge in [-0.25, -0.2) is 9.59 Å². The summed E-state index contributed by atoms with van der Waals surface area (Å²) in [6.07, 6.45) is -0.578. The second-order valence-electron chi connectivity index (χ2n) is 7.91. The molecule has 1 aromatic carbocycles. The van der Waals surface area contributed by atoms with Crippen molar-refractivity contribution in [3.63, 3.8) is 0 Å². The Bertz CT molecular complexity index is 922. The normalized spacial score (nSPS) is 11.6. The summed E-state index contributed by atoms with van der Waals surface area (Å²) in [6, 6.07) is 6.16. The highest BCUT2D eigenvalue weighted by molar-refractivity contribution is 5.94. The van der Waals surface area contributed by atoms with Gasteiger partial charge in [0.05, 0.1) is 12.1 Å². The van der Waals surface area contributed by atoms with E-state index in [0.717, 1.165) is 0 Å². The molecule has 0 aliphatic heterocycles. The number of fused-ring (bicyclic) bond motifs is 1. The van der Waals surface area contributed by atoms with Crippen LogP contribution < -0.4 is 10.9 Å². The third-order valence-corrected chi connectivity index (χ3v) is 3.80. The van der Waals surface area contributed by atoms with Crippen LogP contribution in [0.25, 0.3) is 10.8 Å². The highest BCUT2D eigenvalue weighted by Gasteiger charge is 2.17. The number of carbonyl (C=O) groups excluding carboxylic acids is 1. The summed E-state index contributed by atoms with van der Waals surface area (Å²) in [6.45, 7) is 9.88. The fourth-order valence-corrected chi connectivity index (χ4v) is 2.73. The molecule has 0 fully saturated rings. The van der Waals surface area contributed by atoms with E-state index in [1.54, 1.807) is 31.4 Å². The maximum atomic E-state index is 12.9. The molecule has 0 aliphatic rings. The van der Waals surface area contributed by atoms with Gasteiger partial charge in [-0.3, -0.25) is 4.79 Å². The van der Waals surface area contributed by atoms with Gasteiger partial charge in [0.15, 0.2) is 0 Å². The second-order valence-corrected chi connectivity index (χ2v) is 7.91. The summed E-state index contributed by atoms with van der Waals surface area (Å²) in [5.41, 5.74) is -0.134. The molecule has 0 spiro atoms. The number of carboxylic acids is 1. The van der Waals surface area contributed by atoms with E-state index in [4.69, 9.17) is 4.74 Å². The summed E-state index contributed by atoms with van der Waals surface area (Å²) in [5, 5.41) is 12.8. The van der Waals surface area contributed by atoms with Crippen LogP contribution in [-0.4, -0.2) is 27.3 Å². The molecule has 27 heavy (non-hydrogen) atoms. The summed E-state index contributed by atoms with van der Waals surface area (Å²) >= 11 is 0. The van der Waals surface area contributed by atoms with Crippen LogP contribution in [0, 0.1) is 5.92 Å². The van der Waals surface area contributed by atoms with Crippen molar-refractivity contribution in [3.05, 3.63) is 45.9 Å². The van der Waals surface area contributed by atoms with E-state index in [0.29, 0.717) is 23.0 Å². The minimum atomic E-state index is -1.06. The largest absolute Gasteiger partial charge is 0.478 e. The number of hydrogen-bond donors (Lipinski definition) is 2. The van der Waals surface area contributed by atoms with Gasteiger partial charge in [-0.1, -0.05) is 13.8 Å². The molecule has 0 saturated heterocycles. The van der Waals surface area contributed by atoms with Gasteiger partial charge >= 0.3 is 12.1 Å². The molecule has 1 heterocycles. The fraction of sp³-hybridized carbons (Fsp3) is 0.450. The quantitative estimate of drug-likeness (QED) is 0.836. The third kappa shape index (κ3) is 5.32. The molecule has 7 nitrogen and oxygen atoms in total. The molecule has 0 aliphatic carbocycles. The molecule has 0 bridgehead atoms. The van der Waals surface area contributed by atoms with E-state index in [1.807, 2.05) is 13.8 Å². The van der Waals surface area contributed by atoms with Crippen LogP contribution in [0.5, 0.6) is 0 Å². The molecule has 0 radical (unpaired) electrons. The van der Waals surface area contributed by atoms with E-state index in [1.165, 1.54) is 18.2 Å². The van der Waals surface area contributed by atoms with Gasteiger partial charge < -0.3 is 19.7 Å². The number of benzene rings is 1. The van der Waals surface area contributed by atoms with Crippen molar-refractivity contribution in [1.82, 2.24) is 9.88 Å². The van der Waals surface area contributed by atoms with E-state index in [-0.39, 0.29) is 23.6 Å². The van der Waals surface area contributed by atoms with Crippen molar-refractivity contribution in [3.8, 4) is 0 Å². The van der Waals surface area contributed by atoms with Crippen molar-refractivity contribution in [2.24, 2.45) is 5.92 Å². The predicted molar refractivity (Wildman–Crippen MR) is 103 cm³/mol. The first-order chi connectivity index (χ1) is 12.5. The molecule has 2 N–H and O–H groups in total. The van der Waals surface area contributed by atoms with E-state index in [9.17, 15) is 19.5 Å². The van der Waals surface area contributed by atoms with Gasteiger partial charge in [0.1, 0.15) is 5.60 Å². The number of rotatable bonds is 5. The van der Waals surface area contributed by atoms with Crippen LogP contribution in [0.15, 0.2) is 29.1 Å². The van der Waals surface area contributed by atoms with E-state index in [2.05, 4.69) is 5.32 Å². The number of hydrogen-bond acceptors (Lipinski definition) is 4. The highest BCUT2D eigenvalue weighted by atomic mass is 16.6. The second kappa shape index (κ2) is 7.82. The van der Waals surface area contributed by atoms with Crippen LogP contribution in [0.1, 0.15) is 50.7 Å². The highest BCUT2D eigenvalue weighted by Crippen LogP contribution is 2.16. The Balaban J connectivity index is 2.45. The third-order valence-electron chi connectivity index (χ3n) is 3.80. The van der Waals surface area contributed by atoms with Crippen LogP contribution in [0.4, 0.5) is 4.79 Å². The van der Waals surface area contributed by atoms with Crippen LogP contribution in [-0.2, 0) is 17.8 Å². The molecule has 1 aromatic heterocycles. The van der Waals surface area contributed by atoms with Gasteiger partial charge in [0, 0.05) is 17.6 Å². The topological polar surface area (TPSA) is 97.6 Å². The maximum absolute atomic E-state index is 12.9. The Morgan fingerprint density at radius 2 is 1.89 bits per heavy atom. The van der Waals surface area contributed by atoms with Crippen molar-refractivity contribution in [1.29, 1.82) is 0 Å². The Hall–Kier alpha value is -2.83. The van der Waals surface area contributed by atoms with Crippen LogP contribution in [0.3, 0.4) is 0 Å². The number of aromatic carboxylic acids is 1. The number of amides is 1. The van der Waals surface area contributed by atoms with Crippen molar-refractivity contribution >= 4 is 22.8 Å². The molecule has 146 valence electrons. The Kier molecular flexibility index (Phi) is 5.93. The summed E-state index contributed by atoms with van der Waals surface area (Å²) in [5.74, 6) is -0.838. The predicted octanol–water partition coefficient (Wildman–Crippen LogP) is 3.38. The number of carboxylic acid groups (broad SMARTS) is 1. The fourth-order valence-electron chi connectivity index (χ4n) is 2.73. The summed E-state index contributed by atoms with van der Waals surface area (Å²) < 4.78 is 6.85. The standard InChI is InChI=1S/C20H26N2O5/c1-12(2)11-22-15(10-21-19(26)27-20(3,4)5)9-14-8-13(18(24)25)6-7-16(14)17(22)23/h6-9,12H,10-11H2,1-5H3,(H,21,26)(H,24,25). The lowest BCUT2D eigenvalue weighted by atomic mass is 10.1. The number of pyridine rings is 1. The molecule has 2 rings (SSSR count). The molecule has 1 amide bonds. The number of carbonyl (C=O) groups is 2. The summed E-state index contributed by atoms with van der Waals surface area (Å²) in [7, 11) is 0. The average molecular weight is 374 g/mol. The van der Waals surface area contributed by atoms with Gasteiger partial charge in [-0.15, -0.1) is 0 Å². The lowest BCUT2D eigenvalue weighted by Crippen LogP contribution is -2.34. The molecule has 0 atom stereocenters. The van der Waals surface area contributed by atoms with Gasteiger partial charge in [0.2, 0.25) is 0 Å². The minimum Gasteiger partial charge on any atom is -0.478 e. The van der Waals surface area contributed by atoms with E-state index < -0.39 is 17.7 Å². The molecular weight excluding hydrogens is 348 g/mol. The monoisotopic (exact) mass is 374 g/mol. The van der Waals surface area contributed by atoms with Gasteiger partial charge in [-0.2, -0.15) is 0 Å². The zero-order valence-corrected chi connectivity index (χ0v) is 16.3. The molecule has 7 heteroatoms. The molecular formula is C20H26N2O5. The summed E-state index contributed by atoms with van der Waals surface area (Å²) in [4.78, 5) is 36.1. The van der Waals surface area contributed by atoms with Crippen LogP contribution in [0.2, 0.25) is 0 Å². The average Bonchev–Trinajstić information content (AvgIpc) is 2.53. The van der Waals surface area contributed by atoms with Crippen LogP contribution >= 0.6 is 0 Å². The number of nitrogens with one attached hydrogen (secondary N) is 1. The lowest BCUT2D eigenvalue weighted by Gasteiger charge is -2.21. The number of aromatic nitrogens is 1. The molecule has 2 aromatic rings. The number of alkyl carbamates (subject to hydrolysis) is 1. The van der Waals surface area contributed by atoms with Crippen molar-refractivity contribution in [2.75, 3.05) is 0 Å². The first kappa shape index (κ1) is 20.5. The number of ether oxygens (including phenoxy) is 1. The minimum absolute atomic E-state index is 0.101. The zero-order chi connectivity index (χ0) is 20.4. The lowest BCUT2D eigenvalue weighted by molar-refractivity contribution is 0.0521. The zero-order valence-electron chi connectivity index (χ0n) is 16.3. The maximum Gasteiger partial charge on any atom is 0.407 e. The van der Waals surface area contributed by atoms with Gasteiger partial charge in [0.25, 0.3) is 5.56 Å². The van der Waals surface area contributed by atoms with Crippen molar-refractivity contribution < 1.29 is 19.4 Å². The smallest absolute Gasteiger partial charge is 0.407 e. The first-order valence-corrected chi connectivity index (χ1v) is 8.84. The Morgan fingerprint density at radius 1 is 1.22 bits per heavy atom. The SMILES string of the molecule is CC(C)Cn1c(CNC(=O)OC(C)(C)C)cc2cc(C(=O)O)ccc2c1=O. The Morgan fingerprint density at radius 3 is 2.44 bits per heavy atom. The van der Waals surface area contributed by atoms with Gasteiger partial charge in [-0.05, 0) is 56.3 Å². The van der Waals surface area contributed by atoms with Crippen molar-refractivity contribution in [2.45, 2.75) is 53.3 Å². The molecule has 0 unspecified atom stereocenters. The molecule has 0 saturated carbocycles. The number of nitrogens with zero attached hydrogens (tertiary/aromatic N) is 1. The first-order valence-electron chi connectivity index (χ1n) is 8.84. The van der Waals surface area contributed by atoms with E-state index >= 15 is 0 Å². The Labute approximate surface area is 157 Å².